The van der Waals surface area contributed by atoms with Crippen LogP contribution in [0.4, 0.5) is 10.5 Å². The number of nitrogens with zero attached hydrogens (tertiary/aromatic N) is 2. The Kier molecular flexibility index (Phi) is 6.34. The lowest BCUT2D eigenvalue weighted by atomic mass is 10.1. The number of fused-ring (bicyclic) bond motifs is 3. The second-order valence-electron chi connectivity index (χ2n) is 9.68. The molecule has 0 atom stereocenters. The van der Waals surface area contributed by atoms with Crippen LogP contribution in [0.3, 0.4) is 0 Å². The SMILES string of the molecule is CC(C)(C)OC(=O)N(Cc1nc2c(cc(OCc3ccccc3)c3ccccc32)[nH]1)c1ccccc1. The molecule has 0 aliphatic rings. The molecule has 0 radical (unpaired) electrons. The maximum absolute atomic E-state index is 13.1. The van der Waals surface area contributed by atoms with Gasteiger partial charge in [0.1, 0.15) is 23.8 Å². The van der Waals surface area contributed by atoms with E-state index in [0.717, 1.165) is 38.8 Å². The third-order valence-corrected chi connectivity index (χ3v) is 5.73. The van der Waals surface area contributed by atoms with Crippen LogP contribution < -0.4 is 9.64 Å². The number of carbonyl (C=O) groups is 1. The smallest absolute Gasteiger partial charge is 0.415 e. The van der Waals surface area contributed by atoms with Crippen LogP contribution in [-0.4, -0.2) is 21.7 Å². The van der Waals surface area contributed by atoms with E-state index in [-0.39, 0.29) is 6.54 Å². The summed E-state index contributed by atoms with van der Waals surface area (Å²) in [6.45, 7) is 6.29. The molecule has 0 unspecified atom stereocenters. The molecule has 0 saturated heterocycles. The summed E-state index contributed by atoms with van der Waals surface area (Å²) < 4.78 is 11.9. The maximum Gasteiger partial charge on any atom is 0.415 e. The lowest BCUT2D eigenvalue weighted by Gasteiger charge is -2.27. The van der Waals surface area contributed by atoms with Gasteiger partial charge in [-0.05, 0) is 38.5 Å². The molecule has 6 heteroatoms. The van der Waals surface area contributed by atoms with E-state index in [1.54, 1.807) is 4.90 Å². The van der Waals surface area contributed by atoms with E-state index in [0.29, 0.717) is 12.4 Å². The fraction of sp³-hybridized carbons (Fsp3) is 0.200. The maximum atomic E-state index is 13.1. The second-order valence-corrected chi connectivity index (χ2v) is 9.68. The summed E-state index contributed by atoms with van der Waals surface area (Å²) in [6, 6.07) is 29.6. The summed E-state index contributed by atoms with van der Waals surface area (Å²) >= 11 is 0. The van der Waals surface area contributed by atoms with Crippen LogP contribution in [0.15, 0.2) is 91.0 Å². The van der Waals surface area contributed by atoms with Crippen LogP contribution in [0.5, 0.6) is 5.75 Å². The van der Waals surface area contributed by atoms with Crippen molar-refractivity contribution in [2.75, 3.05) is 4.90 Å². The minimum absolute atomic E-state index is 0.238. The summed E-state index contributed by atoms with van der Waals surface area (Å²) in [4.78, 5) is 23.0. The third-order valence-electron chi connectivity index (χ3n) is 5.73. The summed E-state index contributed by atoms with van der Waals surface area (Å²) in [5, 5.41) is 1.98. The quantitative estimate of drug-likeness (QED) is 0.279. The van der Waals surface area contributed by atoms with Gasteiger partial charge in [0.2, 0.25) is 0 Å². The topological polar surface area (TPSA) is 67.4 Å². The molecule has 0 aliphatic carbocycles. The molecule has 0 saturated carbocycles. The van der Waals surface area contributed by atoms with E-state index >= 15 is 0 Å². The number of ether oxygens (including phenoxy) is 2. The highest BCUT2D eigenvalue weighted by Gasteiger charge is 2.25. The van der Waals surface area contributed by atoms with Crippen LogP contribution >= 0.6 is 0 Å². The van der Waals surface area contributed by atoms with Gasteiger partial charge in [-0.3, -0.25) is 4.90 Å². The number of benzene rings is 4. The summed E-state index contributed by atoms with van der Waals surface area (Å²) in [5.74, 6) is 1.44. The fourth-order valence-electron chi connectivity index (χ4n) is 4.13. The monoisotopic (exact) mass is 479 g/mol. The number of anilines is 1. The van der Waals surface area contributed by atoms with Gasteiger partial charge in [0.25, 0.3) is 0 Å². The first-order chi connectivity index (χ1) is 17.4. The second kappa shape index (κ2) is 9.74. The van der Waals surface area contributed by atoms with Crippen molar-refractivity contribution in [3.63, 3.8) is 0 Å². The molecule has 5 rings (SSSR count). The number of amides is 1. The Balaban J connectivity index is 1.50. The Morgan fingerprint density at radius 2 is 1.53 bits per heavy atom. The average Bonchev–Trinajstić information content (AvgIpc) is 3.29. The first-order valence-electron chi connectivity index (χ1n) is 12.0. The van der Waals surface area contributed by atoms with Crippen LogP contribution in [0.1, 0.15) is 32.2 Å². The van der Waals surface area contributed by atoms with Crippen LogP contribution in [-0.2, 0) is 17.9 Å². The van der Waals surface area contributed by atoms with Gasteiger partial charge in [-0.1, -0.05) is 72.8 Å². The van der Waals surface area contributed by atoms with Gasteiger partial charge < -0.3 is 14.5 Å². The molecule has 1 heterocycles. The summed E-state index contributed by atoms with van der Waals surface area (Å²) in [6.07, 6.45) is -0.425. The highest BCUT2D eigenvalue weighted by atomic mass is 16.6. The molecule has 0 bridgehead atoms. The van der Waals surface area contributed by atoms with Crippen molar-refractivity contribution in [2.24, 2.45) is 0 Å². The standard InChI is InChI=1S/C30H29N3O3/c1-30(2,3)36-29(34)33(22-14-8-5-9-15-22)19-27-31-25-18-26(35-20-21-12-6-4-7-13-21)23-16-10-11-17-24(23)28(25)32-27/h4-18H,19-20H2,1-3H3,(H,31,32). The number of imidazole rings is 1. The van der Waals surface area contributed by atoms with Crippen molar-refractivity contribution in [3.8, 4) is 5.75 Å². The zero-order chi connectivity index (χ0) is 25.1. The van der Waals surface area contributed by atoms with Gasteiger partial charge in [0.15, 0.2) is 0 Å². The van der Waals surface area contributed by atoms with Gasteiger partial charge in [-0.2, -0.15) is 0 Å². The van der Waals surface area contributed by atoms with Crippen molar-refractivity contribution >= 4 is 33.6 Å². The fourth-order valence-corrected chi connectivity index (χ4v) is 4.13. The molecule has 1 amide bonds. The molecule has 1 aromatic heterocycles. The minimum atomic E-state index is -0.612. The van der Waals surface area contributed by atoms with Crippen LogP contribution in [0, 0.1) is 0 Å². The number of H-pyrrole nitrogens is 1. The van der Waals surface area contributed by atoms with Crippen molar-refractivity contribution < 1.29 is 14.3 Å². The highest BCUT2D eigenvalue weighted by Crippen LogP contribution is 2.33. The molecule has 0 fully saturated rings. The normalized spacial score (nSPS) is 11.5. The molecule has 0 spiro atoms. The van der Waals surface area contributed by atoms with Gasteiger partial charge in [0, 0.05) is 22.5 Å². The number of hydrogen-bond acceptors (Lipinski definition) is 4. The highest BCUT2D eigenvalue weighted by molar-refractivity contribution is 6.07. The van der Waals surface area contributed by atoms with Gasteiger partial charge in [-0.25, -0.2) is 9.78 Å². The zero-order valence-electron chi connectivity index (χ0n) is 20.7. The number of carbonyl (C=O) groups excluding carboxylic acids is 1. The average molecular weight is 480 g/mol. The Hall–Kier alpha value is -4.32. The molecule has 36 heavy (non-hydrogen) atoms. The van der Waals surface area contributed by atoms with Crippen LogP contribution in [0.2, 0.25) is 0 Å². The largest absolute Gasteiger partial charge is 0.488 e. The molecule has 1 N–H and O–H groups in total. The molecule has 182 valence electrons. The third kappa shape index (κ3) is 5.18. The predicted molar refractivity (Wildman–Crippen MR) is 143 cm³/mol. The van der Waals surface area contributed by atoms with E-state index in [1.165, 1.54) is 0 Å². The number of aromatic nitrogens is 2. The number of rotatable bonds is 6. The Bertz CT molecular complexity index is 1490. The first-order valence-corrected chi connectivity index (χ1v) is 12.0. The van der Waals surface area contributed by atoms with Crippen molar-refractivity contribution in [1.82, 2.24) is 9.97 Å². The number of para-hydroxylation sites is 1. The summed E-state index contributed by atoms with van der Waals surface area (Å²) in [5.41, 5.74) is 2.92. The molecule has 6 nitrogen and oxygen atoms in total. The van der Waals surface area contributed by atoms with Crippen molar-refractivity contribution in [3.05, 3.63) is 102 Å². The summed E-state index contributed by atoms with van der Waals surface area (Å²) in [7, 11) is 0. The van der Waals surface area contributed by atoms with Crippen molar-refractivity contribution in [1.29, 1.82) is 0 Å². The lowest BCUT2D eigenvalue weighted by Crippen LogP contribution is -2.36. The molecule has 0 aliphatic heterocycles. The van der Waals surface area contributed by atoms with E-state index in [1.807, 2.05) is 112 Å². The molecular formula is C30H29N3O3. The van der Waals surface area contributed by atoms with E-state index in [2.05, 4.69) is 4.98 Å². The van der Waals surface area contributed by atoms with Crippen molar-refractivity contribution in [2.45, 2.75) is 39.5 Å². The van der Waals surface area contributed by atoms with Gasteiger partial charge in [-0.15, -0.1) is 0 Å². The Morgan fingerprint density at radius 1 is 0.889 bits per heavy atom. The molecular weight excluding hydrogens is 450 g/mol. The number of nitrogens with one attached hydrogen (secondary N) is 1. The molecule has 4 aromatic carbocycles. The Morgan fingerprint density at radius 3 is 2.22 bits per heavy atom. The Labute approximate surface area is 210 Å². The number of aromatic amines is 1. The molecule has 5 aromatic rings. The number of hydrogen-bond donors (Lipinski definition) is 1. The van der Waals surface area contributed by atoms with Gasteiger partial charge >= 0.3 is 6.09 Å². The first kappa shape index (κ1) is 23.4. The predicted octanol–water partition coefficient (Wildman–Crippen LogP) is 7.24. The van der Waals surface area contributed by atoms with Crippen LogP contribution in [0.25, 0.3) is 21.8 Å². The van der Waals surface area contributed by atoms with E-state index in [4.69, 9.17) is 14.5 Å². The zero-order valence-corrected chi connectivity index (χ0v) is 20.7. The van der Waals surface area contributed by atoms with Gasteiger partial charge in [0.05, 0.1) is 17.6 Å². The minimum Gasteiger partial charge on any atom is -0.488 e. The van der Waals surface area contributed by atoms with E-state index in [9.17, 15) is 4.79 Å². The van der Waals surface area contributed by atoms with E-state index < -0.39 is 11.7 Å². The lowest BCUT2D eigenvalue weighted by molar-refractivity contribution is 0.0576.